The highest BCUT2D eigenvalue weighted by Gasteiger charge is 2.44. The third kappa shape index (κ3) is 6.87. The Bertz CT molecular complexity index is 736. The first kappa shape index (κ1) is 23.4. The standard InChI is InChI=1S/C21H29IN2O5/c1-20(2,3)29-19(27)24-21(11-5-6-12-21)18(26)23-16(17(25)28-4)13-14-7-9-15(22)10-8-14/h7-10,16H,5-6,11-13H2,1-4H3,(H,23,26)(H,24,27)/t16-/m0/s1. The molecule has 2 amide bonds. The summed E-state index contributed by atoms with van der Waals surface area (Å²) in [4.78, 5) is 37.8. The molecule has 0 spiro atoms. The number of carbonyl (C=O) groups excluding carboxylic acids is 3. The van der Waals surface area contributed by atoms with E-state index >= 15 is 0 Å². The summed E-state index contributed by atoms with van der Waals surface area (Å²) in [6.45, 7) is 5.30. The fourth-order valence-electron chi connectivity index (χ4n) is 3.37. The fourth-order valence-corrected chi connectivity index (χ4v) is 3.73. The first-order valence-electron chi connectivity index (χ1n) is 9.69. The van der Waals surface area contributed by atoms with E-state index in [1.54, 1.807) is 20.8 Å². The van der Waals surface area contributed by atoms with Gasteiger partial charge in [0.15, 0.2) is 0 Å². The number of ether oxygens (including phenoxy) is 2. The van der Waals surface area contributed by atoms with Gasteiger partial charge in [0.05, 0.1) is 7.11 Å². The van der Waals surface area contributed by atoms with Crippen LogP contribution in [0.25, 0.3) is 0 Å². The predicted octanol–water partition coefficient (Wildman–Crippen LogP) is 3.33. The summed E-state index contributed by atoms with van der Waals surface area (Å²) < 4.78 is 11.3. The number of hydrogen-bond acceptors (Lipinski definition) is 5. The Morgan fingerprint density at radius 2 is 1.72 bits per heavy atom. The molecule has 1 aliphatic rings. The number of nitrogens with one attached hydrogen (secondary N) is 2. The van der Waals surface area contributed by atoms with Crippen molar-refractivity contribution in [2.45, 2.75) is 70.1 Å². The van der Waals surface area contributed by atoms with Crippen molar-refractivity contribution in [1.29, 1.82) is 0 Å². The van der Waals surface area contributed by atoms with E-state index in [1.807, 2.05) is 24.3 Å². The molecule has 2 N–H and O–H groups in total. The summed E-state index contributed by atoms with van der Waals surface area (Å²) in [6.07, 6.45) is 2.27. The monoisotopic (exact) mass is 516 g/mol. The SMILES string of the molecule is COC(=O)[C@H](Cc1ccc(I)cc1)NC(=O)C1(NC(=O)OC(C)(C)C)CCCC1. The summed E-state index contributed by atoms with van der Waals surface area (Å²) in [6, 6.07) is 6.86. The fraction of sp³-hybridized carbons (Fsp3) is 0.571. The largest absolute Gasteiger partial charge is 0.467 e. The van der Waals surface area contributed by atoms with Crippen LogP contribution in [-0.4, -0.2) is 42.3 Å². The number of alkyl carbamates (subject to hydrolysis) is 1. The van der Waals surface area contributed by atoms with Crippen molar-refractivity contribution in [1.82, 2.24) is 10.6 Å². The van der Waals surface area contributed by atoms with Crippen molar-refractivity contribution in [3.63, 3.8) is 0 Å². The van der Waals surface area contributed by atoms with E-state index in [4.69, 9.17) is 9.47 Å². The molecule has 0 aliphatic heterocycles. The van der Waals surface area contributed by atoms with Crippen LogP contribution in [0.15, 0.2) is 24.3 Å². The lowest BCUT2D eigenvalue weighted by Gasteiger charge is -2.32. The predicted molar refractivity (Wildman–Crippen MR) is 117 cm³/mol. The van der Waals surface area contributed by atoms with Crippen LogP contribution in [0, 0.1) is 3.57 Å². The maximum absolute atomic E-state index is 13.2. The second-order valence-electron chi connectivity index (χ2n) is 8.30. The zero-order chi connectivity index (χ0) is 21.7. The second kappa shape index (κ2) is 9.77. The molecule has 0 saturated heterocycles. The third-order valence-electron chi connectivity index (χ3n) is 4.78. The first-order chi connectivity index (χ1) is 13.5. The maximum Gasteiger partial charge on any atom is 0.408 e. The Hall–Kier alpha value is -1.84. The number of amides is 2. The minimum atomic E-state index is -1.08. The van der Waals surface area contributed by atoms with E-state index in [0.29, 0.717) is 19.3 Å². The molecule has 1 aliphatic carbocycles. The molecule has 1 aromatic carbocycles. The summed E-state index contributed by atoms with van der Waals surface area (Å²) >= 11 is 2.20. The van der Waals surface area contributed by atoms with Crippen molar-refractivity contribution in [2.24, 2.45) is 0 Å². The number of hydrogen-bond donors (Lipinski definition) is 2. The normalized spacial score (nSPS) is 16.6. The quantitative estimate of drug-likeness (QED) is 0.447. The van der Waals surface area contributed by atoms with Crippen LogP contribution >= 0.6 is 22.6 Å². The molecule has 1 aromatic rings. The molecule has 1 saturated carbocycles. The van der Waals surface area contributed by atoms with Crippen molar-refractivity contribution in [2.75, 3.05) is 7.11 Å². The number of benzene rings is 1. The van der Waals surface area contributed by atoms with Gasteiger partial charge in [0.25, 0.3) is 0 Å². The Labute approximate surface area is 185 Å². The highest BCUT2D eigenvalue weighted by molar-refractivity contribution is 14.1. The Kier molecular flexibility index (Phi) is 7.90. The molecule has 7 nitrogen and oxygen atoms in total. The van der Waals surface area contributed by atoms with Gasteiger partial charge in [-0.05, 0) is 73.9 Å². The molecule has 160 valence electrons. The van der Waals surface area contributed by atoms with Crippen molar-refractivity contribution >= 4 is 40.6 Å². The third-order valence-corrected chi connectivity index (χ3v) is 5.50. The molecule has 0 radical (unpaired) electrons. The van der Waals surface area contributed by atoms with Crippen LogP contribution in [0.4, 0.5) is 4.79 Å². The lowest BCUT2D eigenvalue weighted by atomic mass is 9.95. The smallest absolute Gasteiger partial charge is 0.408 e. The Balaban J connectivity index is 2.14. The van der Waals surface area contributed by atoms with Gasteiger partial charge in [0.2, 0.25) is 5.91 Å². The molecule has 2 rings (SSSR count). The Morgan fingerprint density at radius 3 is 2.24 bits per heavy atom. The summed E-state index contributed by atoms with van der Waals surface area (Å²) in [5.74, 6) is -0.913. The van der Waals surface area contributed by atoms with Gasteiger partial charge in [0, 0.05) is 9.99 Å². The summed E-state index contributed by atoms with van der Waals surface area (Å²) in [5, 5.41) is 5.55. The number of esters is 1. The average molecular weight is 516 g/mol. The van der Waals surface area contributed by atoms with Gasteiger partial charge in [-0.2, -0.15) is 0 Å². The van der Waals surface area contributed by atoms with Crippen LogP contribution in [-0.2, 0) is 25.5 Å². The van der Waals surface area contributed by atoms with E-state index in [1.165, 1.54) is 7.11 Å². The maximum atomic E-state index is 13.2. The van der Waals surface area contributed by atoms with Gasteiger partial charge in [-0.15, -0.1) is 0 Å². The lowest BCUT2D eigenvalue weighted by molar-refractivity contribution is -0.145. The number of rotatable bonds is 6. The highest BCUT2D eigenvalue weighted by atomic mass is 127. The zero-order valence-corrected chi connectivity index (χ0v) is 19.5. The summed E-state index contributed by atoms with van der Waals surface area (Å²) in [7, 11) is 1.29. The number of carbonyl (C=O) groups is 3. The van der Waals surface area contributed by atoms with Crippen LogP contribution in [0.2, 0.25) is 0 Å². The topological polar surface area (TPSA) is 93.7 Å². The number of methoxy groups -OCH3 is 1. The lowest BCUT2D eigenvalue weighted by Crippen LogP contribution is -2.60. The van der Waals surface area contributed by atoms with E-state index in [9.17, 15) is 14.4 Å². The summed E-state index contributed by atoms with van der Waals surface area (Å²) in [5.41, 5.74) is -0.845. The number of halogens is 1. The molecule has 29 heavy (non-hydrogen) atoms. The van der Waals surface area contributed by atoms with Gasteiger partial charge >= 0.3 is 12.1 Å². The Morgan fingerprint density at radius 1 is 1.14 bits per heavy atom. The molecular formula is C21H29IN2O5. The molecular weight excluding hydrogens is 487 g/mol. The van der Waals surface area contributed by atoms with E-state index in [2.05, 4.69) is 33.2 Å². The van der Waals surface area contributed by atoms with Crippen LogP contribution < -0.4 is 10.6 Å². The van der Waals surface area contributed by atoms with Crippen molar-refractivity contribution in [3.05, 3.63) is 33.4 Å². The highest BCUT2D eigenvalue weighted by Crippen LogP contribution is 2.30. The van der Waals surface area contributed by atoms with Crippen molar-refractivity contribution in [3.8, 4) is 0 Å². The molecule has 0 bridgehead atoms. The van der Waals surface area contributed by atoms with Gasteiger partial charge < -0.3 is 20.1 Å². The molecule has 8 heteroatoms. The van der Waals surface area contributed by atoms with Gasteiger partial charge in [-0.3, -0.25) is 4.79 Å². The molecule has 1 atom stereocenters. The van der Waals surface area contributed by atoms with Crippen LogP contribution in [0.5, 0.6) is 0 Å². The molecule has 0 aromatic heterocycles. The second-order valence-corrected chi connectivity index (χ2v) is 9.54. The van der Waals surface area contributed by atoms with E-state index in [-0.39, 0.29) is 5.91 Å². The van der Waals surface area contributed by atoms with Gasteiger partial charge in [-0.1, -0.05) is 25.0 Å². The first-order valence-corrected chi connectivity index (χ1v) is 10.8. The molecule has 0 heterocycles. The van der Waals surface area contributed by atoms with Crippen LogP contribution in [0.1, 0.15) is 52.0 Å². The van der Waals surface area contributed by atoms with Gasteiger partial charge in [-0.25, -0.2) is 9.59 Å². The van der Waals surface area contributed by atoms with Crippen molar-refractivity contribution < 1.29 is 23.9 Å². The minimum absolute atomic E-state index is 0.303. The van der Waals surface area contributed by atoms with Crippen LogP contribution in [0.3, 0.4) is 0 Å². The average Bonchev–Trinajstić information content (AvgIpc) is 3.10. The molecule has 1 fully saturated rings. The zero-order valence-electron chi connectivity index (χ0n) is 17.3. The molecule has 0 unspecified atom stereocenters. The van der Waals surface area contributed by atoms with Gasteiger partial charge in [0.1, 0.15) is 17.2 Å². The van der Waals surface area contributed by atoms with E-state index in [0.717, 1.165) is 22.0 Å². The van der Waals surface area contributed by atoms with E-state index < -0.39 is 29.2 Å². The minimum Gasteiger partial charge on any atom is -0.467 e.